The van der Waals surface area contributed by atoms with E-state index in [4.69, 9.17) is 5.11 Å². The maximum absolute atomic E-state index is 12.8. The van der Waals surface area contributed by atoms with Crippen molar-refractivity contribution in [1.29, 1.82) is 0 Å². The van der Waals surface area contributed by atoms with Gasteiger partial charge in [-0.2, -0.15) is 0 Å². The van der Waals surface area contributed by atoms with Crippen LogP contribution in [0.15, 0.2) is 48.5 Å². The van der Waals surface area contributed by atoms with E-state index >= 15 is 0 Å². The van der Waals surface area contributed by atoms with Crippen molar-refractivity contribution in [1.82, 2.24) is 9.80 Å². The molecule has 1 aliphatic rings. The maximum atomic E-state index is 12.8. The number of piperazine rings is 1. The molecule has 8 nitrogen and oxygen atoms in total. The summed E-state index contributed by atoms with van der Waals surface area (Å²) in [5.74, 6) is -1.18. The fraction of sp³-hybridized carbons (Fsp3) is 0.364. The van der Waals surface area contributed by atoms with Crippen molar-refractivity contribution in [2.24, 2.45) is 0 Å². The van der Waals surface area contributed by atoms with E-state index < -0.39 is 10.9 Å². The molecule has 1 fully saturated rings. The Kier molecular flexibility index (Phi) is 6.79. The first-order valence-electron chi connectivity index (χ1n) is 9.92. The monoisotopic (exact) mass is 411 g/mol. The van der Waals surface area contributed by atoms with Crippen LogP contribution >= 0.6 is 0 Å². The lowest BCUT2D eigenvalue weighted by Crippen LogP contribution is -2.49. The number of hydrogen-bond donors (Lipinski definition) is 1. The zero-order valence-electron chi connectivity index (χ0n) is 16.9. The molecule has 0 radical (unpaired) electrons. The summed E-state index contributed by atoms with van der Waals surface area (Å²) in [4.78, 5) is 38.5. The number of amides is 1. The molecule has 2 aromatic rings. The van der Waals surface area contributed by atoms with Crippen LogP contribution in [-0.4, -0.2) is 57.9 Å². The lowest BCUT2D eigenvalue weighted by Gasteiger charge is -2.39. The highest BCUT2D eigenvalue weighted by Crippen LogP contribution is 2.28. The number of benzene rings is 2. The second kappa shape index (κ2) is 9.49. The number of carbonyl (C=O) groups is 2. The first-order valence-corrected chi connectivity index (χ1v) is 9.92. The average Bonchev–Trinajstić information content (AvgIpc) is 2.75. The summed E-state index contributed by atoms with van der Waals surface area (Å²) in [5, 5.41) is 20.4. The molecule has 0 aromatic heterocycles. The number of aryl methyl sites for hydroxylation is 1. The molecule has 158 valence electrons. The summed E-state index contributed by atoms with van der Waals surface area (Å²) in [6.07, 6.45) is 0.546. The number of rotatable bonds is 7. The van der Waals surface area contributed by atoms with Crippen LogP contribution in [0.25, 0.3) is 0 Å². The van der Waals surface area contributed by atoms with Gasteiger partial charge in [-0.3, -0.25) is 24.6 Å². The Balaban J connectivity index is 1.71. The van der Waals surface area contributed by atoms with Crippen molar-refractivity contribution in [3.8, 4) is 0 Å². The molecule has 1 N–H and O–H groups in total. The predicted molar refractivity (Wildman–Crippen MR) is 111 cm³/mol. The number of carboxylic acid groups (broad SMARTS) is 1. The zero-order chi connectivity index (χ0) is 21.7. The van der Waals surface area contributed by atoms with E-state index in [0.29, 0.717) is 32.6 Å². The van der Waals surface area contributed by atoms with Crippen molar-refractivity contribution in [3.63, 3.8) is 0 Å². The summed E-state index contributed by atoms with van der Waals surface area (Å²) in [6, 6.07) is 14.0. The highest BCUT2D eigenvalue weighted by molar-refractivity contribution is 5.98. The van der Waals surface area contributed by atoms with E-state index in [1.807, 2.05) is 31.2 Å². The predicted octanol–water partition coefficient (Wildman–Crippen LogP) is 3.27. The first kappa shape index (κ1) is 21.4. The van der Waals surface area contributed by atoms with Crippen LogP contribution in [0.5, 0.6) is 0 Å². The van der Waals surface area contributed by atoms with Gasteiger partial charge in [-0.25, -0.2) is 0 Å². The molecule has 30 heavy (non-hydrogen) atoms. The second-order valence-corrected chi connectivity index (χ2v) is 7.46. The molecule has 1 amide bonds. The Morgan fingerprint density at radius 1 is 1.07 bits per heavy atom. The SMILES string of the molecule is Cc1ccc([C@@H](CCC(=O)O)N2CCN(C(=O)c3ccccc3[N+](=O)[O-])CC2)cc1. The molecule has 1 aliphatic heterocycles. The normalized spacial score (nSPS) is 15.6. The van der Waals surface area contributed by atoms with E-state index in [2.05, 4.69) is 4.90 Å². The third-order valence-electron chi connectivity index (χ3n) is 5.47. The summed E-state index contributed by atoms with van der Waals surface area (Å²) in [6.45, 7) is 4.01. The lowest BCUT2D eigenvalue weighted by atomic mass is 9.98. The van der Waals surface area contributed by atoms with Crippen LogP contribution in [0, 0.1) is 17.0 Å². The zero-order valence-corrected chi connectivity index (χ0v) is 16.9. The fourth-order valence-electron chi connectivity index (χ4n) is 3.83. The Bertz CT molecular complexity index is 921. The van der Waals surface area contributed by atoms with Gasteiger partial charge < -0.3 is 10.0 Å². The lowest BCUT2D eigenvalue weighted by molar-refractivity contribution is -0.385. The van der Waals surface area contributed by atoms with Gasteiger partial charge in [-0.15, -0.1) is 0 Å². The number of hydrogen-bond acceptors (Lipinski definition) is 5. The van der Waals surface area contributed by atoms with Gasteiger partial charge in [-0.1, -0.05) is 42.0 Å². The van der Waals surface area contributed by atoms with Crippen LogP contribution < -0.4 is 0 Å². The quantitative estimate of drug-likeness (QED) is 0.554. The van der Waals surface area contributed by atoms with Gasteiger partial charge in [0.15, 0.2) is 0 Å². The third-order valence-corrected chi connectivity index (χ3v) is 5.47. The van der Waals surface area contributed by atoms with Crippen LogP contribution in [-0.2, 0) is 4.79 Å². The highest BCUT2D eigenvalue weighted by atomic mass is 16.6. The van der Waals surface area contributed by atoms with E-state index in [1.54, 1.807) is 17.0 Å². The first-order chi connectivity index (χ1) is 14.4. The molecular weight excluding hydrogens is 386 g/mol. The molecule has 1 heterocycles. The summed E-state index contributed by atoms with van der Waals surface area (Å²) in [7, 11) is 0. The van der Waals surface area contributed by atoms with Gasteiger partial charge in [0, 0.05) is 44.7 Å². The molecule has 2 aromatic carbocycles. The number of nitro groups is 1. The molecule has 3 rings (SSSR count). The van der Waals surface area contributed by atoms with E-state index in [9.17, 15) is 19.7 Å². The molecular formula is C22H25N3O5. The Hall–Kier alpha value is -3.26. The van der Waals surface area contributed by atoms with Crippen molar-refractivity contribution in [2.75, 3.05) is 26.2 Å². The van der Waals surface area contributed by atoms with Crippen LogP contribution in [0.4, 0.5) is 5.69 Å². The molecule has 1 saturated heterocycles. The molecule has 8 heteroatoms. The smallest absolute Gasteiger partial charge is 0.303 e. The molecule has 0 spiro atoms. The standard InChI is InChI=1S/C22H25N3O5/c1-16-6-8-17(9-7-16)19(10-11-21(26)27)23-12-14-24(15-13-23)22(28)18-4-2-3-5-20(18)25(29)30/h2-9,19H,10-15H2,1H3,(H,26,27)/t19-/m1/s1. The summed E-state index contributed by atoms with van der Waals surface area (Å²) >= 11 is 0. The fourth-order valence-corrected chi connectivity index (χ4v) is 3.83. The van der Waals surface area contributed by atoms with Crippen molar-refractivity contribution in [2.45, 2.75) is 25.8 Å². The Morgan fingerprint density at radius 2 is 1.70 bits per heavy atom. The summed E-state index contributed by atoms with van der Waals surface area (Å²) < 4.78 is 0. The van der Waals surface area contributed by atoms with E-state index in [0.717, 1.165) is 11.1 Å². The van der Waals surface area contributed by atoms with Gasteiger partial charge >= 0.3 is 5.97 Å². The minimum atomic E-state index is -0.836. The van der Waals surface area contributed by atoms with Gasteiger partial charge in [0.05, 0.1) is 4.92 Å². The third kappa shape index (κ3) is 5.01. The minimum Gasteiger partial charge on any atom is -0.481 e. The Labute approximate surface area is 174 Å². The van der Waals surface area contributed by atoms with Gasteiger partial charge in [0.2, 0.25) is 0 Å². The number of aliphatic carboxylic acids is 1. The second-order valence-electron chi connectivity index (χ2n) is 7.46. The van der Waals surface area contributed by atoms with Gasteiger partial charge in [0.25, 0.3) is 11.6 Å². The van der Waals surface area contributed by atoms with Gasteiger partial charge in [-0.05, 0) is 25.0 Å². The van der Waals surface area contributed by atoms with Crippen LogP contribution in [0.2, 0.25) is 0 Å². The number of nitro benzene ring substituents is 1. The highest BCUT2D eigenvalue weighted by Gasteiger charge is 2.30. The summed E-state index contributed by atoms with van der Waals surface area (Å²) in [5.41, 5.74) is 2.09. The topological polar surface area (TPSA) is 104 Å². The minimum absolute atomic E-state index is 0.0509. The van der Waals surface area contributed by atoms with Crippen molar-refractivity contribution in [3.05, 3.63) is 75.3 Å². The molecule has 1 atom stereocenters. The van der Waals surface area contributed by atoms with Crippen LogP contribution in [0.1, 0.15) is 40.4 Å². The molecule has 0 aliphatic carbocycles. The number of carbonyl (C=O) groups excluding carboxylic acids is 1. The maximum Gasteiger partial charge on any atom is 0.303 e. The van der Waals surface area contributed by atoms with E-state index in [-0.39, 0.29) is 29.6 Å². The van der Waals surface area contributed by atoms with Crippen molar-refractivity contribution < 1.29 is 19.6 Å². The van der Waals surface area contributed by atoms with E-state index in [1.165, 1.54) is 12.1 Å². The number of nitrogens with zero attached hydrogens (tertiary/aromatic N) is 3. The number of para-hydroxylation sites is 1. The Morgan fingerprint density at radius 3 is 2.30 bits per heavy atom. The average molecular weight is 411 g/mol. The van der Waals surface area contributed by atoms with Crippen LogP contribution in [0.3, 0.4) is 0 Å². The number of carboxylic acids is 1. The van der Waals surface area contributed by atoms with Gasteiger partial charge in [0.1, 0.15) is 5.56 Å². The molecule has 0 bridgehead atoms. The van der Waals surface area contributed by atoms with Crippen molar-refractivity contribution >= 4 is 17.6 Å². The largest absolute Gasteiger partial charge is 0.481 e. The molecule has 0 saturated carbocycles. The molecule has 0 unspecified atom stereocenters.